The van der Waals surface area contributed by atoms with Crippen molar-refractivity contribution >= 4 is 5.91 Å². The Morgan fingerprint density at radius 2 is 2.09 bits per heavy atom. The van der Waals surface area contributed by atoms with Crippen LogP contribution in [0, 0.1) is 23.7 Å². The first-order valence-electron chi connectivity index (χ1n) is 13.9. The van der Waals surface area contributed by atoms with Gasteiger partial charge in [0.05, 0.1) is 13.2 Å². The number of aliphatic hydroxyl groups excluding tert-OH is 1. The molecule has 0 aliphatic heterocycles. The highest BCUT2D eigenvalue weighted by atomic mass is 16.5. The van der Waals surface area contributed by atoms with Crippen LogP contribution in [0.5, 0.6) is 0 Å². The van der Waals surface area contributed by atoms with E-state index in [0.717, 1.165) is 82.1 Å². The summed E-state index contributed by atoms with van der Waals surface area (Å²) in [6, 6.07) is 0. The number of fused-ring (bicyclic) bond motifs is 1. The number of allylic oxidation sites excluding steroid dienone is 6. The first-order valence-corrected chi connectivity index (χ1v) is 13.9. The van der Waals surface area contributed by atoms with Gasteiger partial charge in [-0.2, -0.15) is 0 Å². The molecule has 0 aromatic heterocycles. The zero-order valence-electron chi connectivity index (χ0n) is 22.1. The predicted molar refractivity (Wildman–Crippen MR) is 141 cm³/mol. The topological polar surface area (TPSA) is 75.8 Å². The molecule has 2 saturated carbocycles. The van der Waals surface area contributed by atoms with Gasteiger partial charge in [-0.15, -0.1) is 0 Å². The van der Waals surface area contributed by atoms with Crippen LogP contribution in [-0.4, -0.2) is 48.3 Å². The zero-order chi connectivity index (χ0) is 25.0. The van der Waals surface area contributed by atoms with Crippen molar-refractivity contribution in [3.8, 4) is 0 Å². The van der Waals surface area contributed by atoms with E-state index in [4.69, 9.17) is 10.5 Å². The third kappa shape index (κ3) is 6.48. The lowest BCUT2D eigenvalue weighted by molar-refractivity contribution is -0.126. The van der Waals surface area contributed by atoms with E-state index in [-0.39, 0.29) is 18.1 Å². The van der Waals surface area contributed by atoms with E-state index in [0.29, 0.717) is 30.3 Å². The highest BCUT2D eigenvalue weighted by Crippen LogP contribution is 2.44. The average molecular weight is 483 g/mol. The first kappa shape index (κ1) is 26.2. The second kappa shape index (κ2) is 11.5. The van der Waals surface area contributed by atoms with E-state index in [9.17, 15) is 9.90 Å². The lowest BCUT2D eigenvalue weighted by Crippen LogP contribution is -2.41. The molecule has 5 nitrogen and oxygen atoms in total. The summed E-state index contributed by atoms with van der Waals surface area (Å²) >= 11 is 0. The van der Waals surface area contributed by atoms with Crippen molar-refractivity contribution in [2.45, 2.75) is 83.6 Å². The number of amides is 1. The summed E-state index contributed by atoms with van der Waals surface area (Å²) in [6.45, 7) is 5.94. The number of unbranched alkanes of at least 4 members (excludes halogenated alkanes) is 1. The van der Waals surface area contributed by atoms with Crippen LogP contribution >= 0.6 is 0 Å². The van der Waals surface area contributed by atoms with Crippen LogP contribution in [-0.2, 0) is 9.53 Å². The van der Waals surface area contributed by atoms with Gasteiger partial charge < -0.3 is 20.5 Å². The summed E-state index contributed by atoms with van der Waals surface area (Å²) in [5, 5.41) is 9.62. The Morgan fingerprint density at radius 1 is 1.26 bits per heavy atom. The minimum absolute atomic E-state index is 0.102. The second-order valence-electron chi connectivity index (χ2n) is 11.8. The molecule has 4 rings (SSSR count). The van der Waals surface area contributed by atoms with Gasteiger partial charge in [-0.05, 0) is 105 Å². The Kier molecular flexibility index (Phi) is 8.59. The summed E-state index contributed by atoms with van der Waals surface area (Å²) in [5.74, 6) is 3.02. The molecule has 5 atom stereocenters. The number of aliphatic hydroxyl groups is 1. The van der Waals surface area contributed by atoms with Crippen LogP contribution in [0.3, 0.4) is 0 Å². The number of rotatable bonds is 9. The van der Waals surface area contributed by atoms with Crippen LogP contribution < -0.4 is 5.73 Å². The number of nitrogens with zero attached hydrogens (tertiary/aromatic N) is 1. The summed E-state index contributed by atoms with van der Waals surface area (Å²) in [4.78, 5) is 14.7. The number of hydrogen-bond acceptors (Lipinski definition) is 4. The van der Waals surface area contributed by atoms with E-state index in [1.165, 1.54) is 11.1 Å². The third-order valence-electron chi connectivity index (χ3n) is 8.66. The third-order valence-corrected chi connectivity index (χ3v) is 8.66. The van der Waals surface area contributed by atoms with Crippen LogP contribution in [0.2, 0.25) is 0 Å². The molecule has 0 aromatic carbocycles. The molecule has 0 heterocycles. The van der Waals surface area contributed by atoms with Crippen molar-refractivity contribution in [3.63, 3.8) is 0 Å². The molecule has 0 aromatic rings. The van der Waals surface area contributed by atoms with Crippen molar-refractivity contribution in [3.05, 3.63) is 46.8 Å². The largest absolute Gasteiger partial charge is 0.494 e. The number of likely N-dealkylation sites (N-methyl/N-ethyl adjacent to an activating group) is 1. The Hall–Kier alpha value is -1.85. The highest BCUT2D eigenvalue weighted by Gasteiger charge is 2.39. The molecule has 0 bridgehead atoms. The lowest BCUT2D eigenvalue weighted by Gasteiger charge is -2.33. The van der Waals surface area contributed by atoms with Crippen molar-refractivity contribution in [2.75, 3.05) is 26.8 Å². The maximum absolute atomic E-state index is 12.9. The van der Waals surface area contributed by atoms with Gasteiger partial charge in [0.1, 0.15) is 5.76 Å². The first-order chi connectivity index (χ1) is 16.8. The Morgan fingerprint density at radius 3 is 2.83 bits per heavy atom. The maximum Gasteiger partial charge on any atom is 0.249 e. The van der Waals surface area contributed by atoms with Gasteiger partial charge in [0.2, 0.25) is 5.91 Å². The summed E-state index contributed by atoms with van der Waals surface area (Å²) in [6.07, 6.45) is 19.5. The van der Waals surface area contributed by atoms with E-state index in [1.54, 1.807) is 0 Å². The van der Waals surface area contributed by atoms with Gasteiger partial charge in [0, 0.05) is 24.7 Å². The molecule has 0 spiro atoms. The molecule has 2 fully saturated rings. The molecule has 4 aliphatic rings. The summed E-state index contributed by atoms with van der Waals surface area (Å²) in [7, 11) is 1.91. The van der Waals surface area contributed by atoms with Crippen molar-refractivity contribution in [2.24, 2.45) is 29.4 Å². The van der Waals surface area contributed by atoms with Gasteiger partial charge in [-0.3, -0.25) is 4.79 Å². The van der Waals surface area contributed by atoms with Crippen LogP contribution in [0.15, 0.2) is 46.8 Å². The van der Waals surface area contributed by atoms with Crippen LogP contribution in [0.1, 0.15) is 78.1 Å². The van der Waals surface area contributed by atoms with Gasteiger partial charge in [-0.1, -0.05) is 32.4 Å². The minimum atomic E-state index is -0.364. The molecule has 1 amide bonds. The Labute approximate surface area is 212 Å². The maximum atomic E-state index is 12.9. The second-order valence-corrected chi connectivity index (χ2v) is 11.8. The molecule has 4 aliphatic carbocycles. The smallest absolute Gasteiger partial charge is 0.249 e. The molecule has 3 N–H and O–H groups in total. The normalized spacial score (nSPS) is 32.7. The van der Waals surface area contributed by atoms with Crippen molar-refractivity contribution in [1.29, 1.82) is 0 Å². The number of carbonyl (C=O) groups is 1. The van der Waals surface area contributed by atoms with Gasteiger partial charge >= 0.3 is 0 Å². The number of ether oxygens (including phenoxy) is 1. The Bertz CT molecular complexity index is 901. The summed E-state index contributed by atoms with van der Waals surface area (Å²) in [5.41, 5.74) is 9.89. The number of carbonyl (C=O) groups excluding carboxylic acids is 1. The lowest BCUT2D eigenvalue weighted by atomic mass is 9.74. The van der Waals surface area contributed by atoms with Crippen molar-refractivity contribution < 1.29 is 14.6 Å². The quantitative estimate of drug-likeness (QED) is 0.469. The van der Waals surface area contributed by atoms with Gasteiger partial charge in [0.25, 0.3) is 0 Å². The minimum Gasteiger partial charge on any atom is -0.494 e. The van der Waals surface area contributed by atoms with E-state index < -0.39 is 0 Å². The molecule has 194 valence electrons. The molecule has 35 heavy (non-hydrogen) atoms. The average Bonchev–Trinajstić information content (AvgIpc) is 3.27. The monoisotopic (exact) mass is 482 g/mol. The highest BCUT2D eigenvalue weighted by molar-refractivity contribution is 5.94. The molecule has 2 unspecified atom stereocenters. The van der Waals surface area contributed by atoms with Crippen molar-refractivity contribution in [1.82, 2.24) is 4.90 Å². The Balaban J connectivity index is 1.29. The molecule has 0 saturated heterocycles. The summed E-state index contributed by atoms with van der Waals surface area (Å²) < 4.78 is 6.28. The van der Waals surface area contributed by atoms with E-state index in [2.05, 4.69) is 32.1 Å². The zero-order valence-corrected chi connectivity index (χ0v) is 22.1. The van der Waals surface area contributed by atoms with E-state index in [1.807, 2.05) is 18.0 Å². The SMILES string of the molecule is CCCCN(C)C(=O)C1=CC(OC[C@@H]2CCC3=CC([C@H]4CC[C@](N)(CO)C4)CC=C3C2)=CC(C)C1. The van der Waals surface area contributed by atoms with E-state index >= 15 is 0 Å². The van der Waals surface area contributed by atoms with Gasteiger partial charge in [-0.25, -0.2) is 0 Å². The molecule has 0 radical (unpaired) electrons. The fourth-order valence-electron chi connectivity index (χ4n) is 6.41. The molecular formula is C30H46N2O3. The molecule has 5 heteroatoms. The fourth-order valence-corrected chi connectivity index (χ4v) is 6.41. The number of nitrogens with two attached hydrogens (primary N) is 1. The fraction of sp³-hybridized carbons (Fsp3) is 0.700. The van der Waals surface area contributed by atoms with Crippen LogP contribution in [0.25, 0.3) is 0 Å². The number of hydrogen-bond donors (Lipinski definition) is 2. The van der Waals surface area contributed by atoms with Gasteiger partial charge in [0.15, 0.2) is 0 Å². The van der Waals surface area contributed by atoms with Crippen LogP contribution in [0.4, 0.5) is 0 Å². The standard InChI is InChI=1S/C30H46N2O3/c1-4-5-12-32(3)29(34)27-13-21(2)14-28(17-27)35-19-22-6-7-24-16-25(9-8-23(24)15-22)26-10-11-30(31,18-26)20-33/h8,14,16-17,21-22,25-26,33H,4-7,9-13,15,18-20,31H2,1-3H3/t21?,22-,25?,26+,30-/m1/s1. The molecular weight excluding hydrogens is 436 g/mol. The predicted octanol–water partition coefficient (Wildman–Crippen LogP) is 5.27.